The Hall–Kier alpha value is -1.18. The number of hydrogen-bond donors (Lipinski definition) is 2. The number of anilines is 1. The second-order valence-corrected chi connectivity index (χ2v) is 7.08. The predicted octanol–water partition coefficient (Wildman–Crippen LogP) is 1.45. The second-order valence-electron chi connectivity index (χ2n) is 5.41. The van der Waals surface area contributed by atoms with Gasteiger partial charge in [-0.25, -0.2) is 0 Å². The molecular weight excluding hydrogens is 288 g/mol. The molecule has 0 radical (unpaired) electrons. The molecule has 0 bridgehead atoms. The van der Waals surface area contributed by atoms with Gasteiger partial charge in [-0.05, 0) is 50.4 Å². The van der Waals surface area contributed by atoms with E-state index in [1.165, 1.54) is 0 Å². The zero-order chi connectivity index (χ0) is 15.1. The Kier molecular flexibility index (Phi) is 5.96. The Labute approximate surface area is 127 Å². The average Bonchev–Trinajstić information content (AvgIpc) is 2.48. The lowest BCUT2D eigenvalue weighted by Gasteiger charge is -2.32. The van der Waals surface area contributed by atoms with Gasteiger partial charge in [-0.1, -0.05) is 6.92 Å². The Morgan fingerprint density at radius 2 is 2.14 bits per heavy atom. The quantitative estimate of drug-likeness (QED) is 0.747. The van der Waals surface area contributed by atoms with Gasteiger partial charge in [0.25, 0.3) is 0 Å². The minimum atomic E-state index is -3.47. The molecule has 6 nitrogen and oxygen atoms in total. The summed E-state index contributed by atoms with van der Waals surface area (Å²) in [4.78, 5) is 3.89. The normalized spacial score (nSPS) is 20.3. The van der Waals surface area contributed by atoms with Crippen molar-refractivity contribution >= 4 is 15.9 Å². The van der Waals surface area contributed by atoms with Crippen LogP contribution in [0.25, 0.3) is 0 Å². The summed E-state index contributed by atoms with van der Waals surface area (Å²) in [6.45, 7) is 5.17. The maximum Gasteiger partial charge on any atom is 0.301 e. The van der Waals surface area contributed by atoms with Gasteiger partial charge in [-0.2, -0.15) is 12.7 Å². The van der Waals surface area contributed by atoms with E-state index in [0.29, 0.717) is 24.7 Å². The van der Waals surface area contributed by atoms with Crippen LogP contribution < -0.4 is 10.0 Å². The van der Waals surface area contributed by atoms with E-state index in [1.54, 1.807) is 28.8 Å². The van der Waals surface area contributed by atoms with Crippen LogP contribution in [0.3, 0.4) is 0 Å². The number of nitrogens with one attached hydrogen (secondary N) is 2. The van der Waals surface area contributed by atoms with Gasteiger partial charge in [-0.3, -0.25) is 9.71 Å². The molecule has 0 saturated carbocycles. The van der Waals surface area contributed by atoms with Crippen molar-refractivity contribution in [3.05, 3.63) is 24.5 Å². The van der Waals surface area contributed by atoms with E-state index in [1.807, 2.05) is 0 Å². The van der Waals surface area contributed by atoms with Crippen LogP contribution in [0.2, 0.25) is 0 Å². The zero-order valence-corrected chi connectivity index (χ0v) is 13.3. The molecule has 0 amide bonds. The summed E-state index contributed by atoms with van der Waals surface area (Å²) >= 11 is 0. The van der Waals surface area contributed by atoms with E-state index < -0.39 is 10.2 Å². The highest BCUT2D eigenvalue weighted by Crippen LogP contribution is 2.20. The monoisotopic (exact) mass is 312 g/mol. The molecule has 118 valence electrons. The van der Waals surface area contributed by atoms with Crippen molar-refractivity contribution < 1.29 is 8.42 Å². The van der Waals surface area contributed by atoms with Gasteiger partial charge in [0.15, 0.2) is 0 Å². The fourth-order valence-corrected chi connectivity index (χ4v) is 3.87. The lowest BCUT2D eigenvalue weighted by molar-refractivity contribution is 0.261. The molecule has 0 spiro atoms. The molecule has 1 aliphatic rings. The SMILES string of the molecule is CCCNCC1CCCN(S(=O)(=O)Nc2ccncc2)C1. The Balaban J connectivity index is 1.93. The van der Waals surface area contributed by atoms with Crippen molar-refractivity contribution in [3.8, 4) is 0 Å². The molecule has 1 unspecified atom stereocenters. The van der Waals surface area contributed by atoms with E-state index in [4.69, 9.17) is 0 Å². The minimum Gasteiger partial charge on any atom is -0.316 e. The van der Waals surface area contributed by atoms with Gasteiger partial charge in [0.1, 0.15) is 0 Å². The maximum absolute atomic E-state index is 12.4. The molecule has 1 aliphatic heterocycles. The van der Waals surface area contributed by atoms with E-state index in [0.717, 1.165) is 32.4 Å². The number of hydrogen-bond acceptors (Lipinski definition) is 4. The molecule has 1 aromatic rings. The lowest BCUT2D eigenvalue weighted by Crippen LogP contribution is -2.45. The van der Waals surface area contributed by atoms with Crippen molar-refractivity contribution in [2.24, 2.45) is 5.92 Å². The summed E-state index contributed by atoms with van der Waals surface area (Å²) < 4.78 is 29.0. The first kappa shape index (κ1) is 16.2. The van der Waals surface area contributed by atoms with Crippen LogP contribution in [0.4, 0.5) is 5.69 Å². The first-order chi connectivity index (χ1) is 10.1. The number of pyridine rings is 1. The van der Waals surface area contributed by atoms with E-state index in [9.17, 15) is 8.42 Å². The summed E-state index contributed by atoms with van der Waals surface area (Å²) in [5, 5.41) is 3.38. The van der Waals surface area contributed by atoms with Crippen molar-refractivity contribution in [3.63, 3.8) is 0 Å². The topological polar surface area (TPSA) is 74.3 Å². The Morgan fingerprint density at radius 3 is 2.86 bits per heavy atom. The molecule has 2 N–H and O–H groups in total. The standard InChI is InChI=1S/C14H24N4O2S/c1-2-7-16-11-13-4-3-10-18(12-13)21(19,20)17-14-5-8-15-9-6-14/h5-6,8-9,13,16H,2-4,7,10-12H2,1H3,(H,15,17). The van der Waals surface area contributed by atoms with Crippen LogP contribution in [0.1, 0.15) is 26.2 Å². The molecule has 2 heterocycles. The Bertz CT molecular complexity index is 521. The molecule has 1 fully saturated rings. The van der Waals surface area contributed by atoms with Crippen molar-refractivity contribution in [2.45, 2.75) is 26.2 Å². The Morgan fingerprint density at radius 1 is 1.38 bits per heavy atom. The fraction of sp³-hybridized carbons (Fsp3) is 0.643. The van der Waals surface area contributed by atoms with Crippen molar-refractivity contribution in [2.75, 3.05) is 30.9 Å². The number of aromatic nitrogens is 1. The van der Waals surface area contributed by atoms with Crippen LogP contribution in [-0.4, -0.2) is 43.9 Å². The molecule has 1 aromatic heterocycles. The van der Waals surface area contributed by atoms with Crippen LogP contribution in [0.5, 0.6) is 0 Å². The highest BCUT2D eigenvalue weighted by molar-refractivity contribution is 7.90. The fourth-order valence-electron chi connectivity index (χ4n) is 2.53. The van der Waals surface area contributed by atoms with Gasteiger partial charge in [0.05, 0.1) is 5.69 Å². The van der Waals surface area contributed by atoms with Crippen molar-refractivity contribution in [1.82, 2.24) is 14.6 Å². The summed E-state index contributed by atoms with van der Waals surface area (Å²) in [6, 6.07) is 3.31. The van der Waals surface area contributed by atoms with Crippen LogP contribution in [0.15, 0.2) is 24.5 Å². The van der Waals surface area contributed by atoms with Crippen LogP contribution in [-0.2, 0) is 10.2 Å². The van der Waals surface area contributed by atoms with Gasteiger partial charge < -0.3 is 5.32 Å². The maximum atomic E-state index is 12.4. The average molecular weight is 312 g/mol. The smallest absolute Gasteiger partial charge is 0.301 e. The van der Waals surface area contributed by atoms with Crippen molar-refractivity contribution in [1.29, 1.82) is 0 Å². The van der Waals surface area contributed by atoms with Crippen LogP contribution >= 0.6 is 0 Å². The van der Waals surface area contributed by atoms with Gasteiger partial charge in [-0.15, -0.1) is 0 Å². The summed E-state index contributed by atoms with van der Waals surface area (Å²) in [5.41, 5.74) is 0.552. The molecule has 1 atom stereocenters. The number of nitrogens with zero attached hydrogens (tertiary/aromatic N) is 2. The molecule has 21 heavy (non-hydrogen) atoms. The molecule has 2 rings (SSSR count). The summed E-state index contributed by atoms with van der Waals surface area (Å²) in [6.07, 6.45) is 6.24. The highest BCUT2D eigenvalue weighted by Gasteiger charge is 2.28. The van der Waals surface area contributed by atoms with Gasteiger partial charge in [0, 0.05) is 25.5 Å². The largest absolute Gasteiger partial charge is 0.316 e. The molecular formula is C14H24N4O2S. The van der Waals surface area contributed by atoms with E-state index in [2.05, 4.69) is 21.9 Å². The third kappa shape index (κ3) is 4.94. The third-order valence-corrected chi connectivity index (χ3v) is 5.11. The first-order valence-corrected chi connectivity index (χ1v) is 8.94. The third-order valence-electron chi connectivity index (χ3n) is 3.61. The predicted molar refractivity (Wildman–Crippen MR) is 84.2 cm³/mol. The number of piperidine rings is 1. The molecule has 7 heteroatoms. The first-order valence-electron chi connectivity index (χ1n) is 7.50. The van der Waals surface area contributed by atoms with Gasteiger partial charge >= 0.3 is 10.2 Å². The highest BCUT2D eigenvalue weighted by atomic mass is 32.2. The van der Waals surface area contributed by atoms with E-state index >= 15 is 0 Å². The van der Waals surface area contributed by atoms with Gasteiger partial charge in [0.2, 0.25) is 0 Å². The molecule has 1 saturated heterocycles. The second kappa shape index (κ2) is 7.72. The van der Waals surface area contributed by atoms with E-state index in [-0.39, 0.29) is 0 Å². The van der Waals surface area contributed by atoms with Crippen LogP contribution in [0, 0.1) is 5.92 Å². The lowest BCUT2D eigenvalue weighted by atomic mass is 10.00. The molecule has 0 aromatic carbocycles. The summed E-state index contributed by atoms with van der Waals surface area (Å²) in [7, 11) is -3.47. The minimum absolute atomic E-state index is 0.388. The zero-order valence-electron chi connectivity index (χ0n) is 12.5. The summed E-state index contributed by atoms with van der Waals surface area (Å²) in [5.74, 6) is 0.388. The molecule has 0 aliphatic carbocycles. The number of rotatable bonds is 7.